The van der Waals surface area contributed by atoms with Crippen LogP contribution in [0, 0.1) is 6.92 Å². The fourth-order valence-electron chi connectivity index (χ4n) is 4.93. The number of halogens is 1. The maximum Gasteiger partial charge on any atom is 0.254 e. The van der Waals surface area contributed by atoms with Gasteiger partial charge in [0.15, 0.2) is 0 Å². The number of carbonyl (C=O) groups is 2. The fraction of sp³-hybridized carbons (Fsp3) is 0.370. The van der Waals surface area contributed by atoms with E-state index < -0.39 is 11.6 Å². The van der Waals surface area contributed by atoms with E-state index >= 15 is 0 Å². The van der Waals surface area contributed by atoms with Gasteiger partial charge in [-0.25, -0.2) is 9.97 Å². The number of amides is 2. The van der Waals surface area contributed by atoms with Crippen molar-refractivity contribution in [2.45, 2.75) is 45.4 Å². The third kappa shape index (κ3) is 5.33. The monoisotopic (exact) mass is 535 g/mol. The van der Waals surface area contributed by atoms with Crippen LogP contribution in [0.3, 0.4) is 0 Å². The summed E-state index contributed by atoms with van der Waals surface area (Å²) in [6.07, 6.45) is 6.38. The van der Waals surface area contributed by atoms with Crippen molar-refractivity contribution in [3.8, 4) is 0 Å². The summed E-state index contributed by atoms with van der Waals surface area (Å²) in [6, 6.07) is 4.70. The number of aryl methyl sites for hydroxylation is 1. The average Bonchev–Trinajstić information content (AvgIpc) is 3.22. The largest absolute Gasteiger partial charge is 0.372 e. The molecule has 1 aliphatic heterocycles. The third-order valence-corrected chi connectivity index (χ3v) is 6.95. The number of nitrogens with one attached hydrogen (secondary N) is 3. The van der Waals surface area contributed by atoms with Crippen LogP contribution in [0.5, 0.6) is 0 Å². The highest BCUT2D eigenvalue weighted by molar-refractivity contribution is 6.33. The van der Waals surface area contributed by atoms with Crippen molar-refractivity contribution < 1.29 is 14.3 Å². The van der Waals surface area contributed by atoms with Crippen molar-refractivity contribution in [2.75, 3.05) is 25.0 Å². The smallest absolute Gasteiger partial charge is 0.254 e. The number of carbonyl (C=O) groups excluding carboxylic acids is 2. The number of hydrogen-bond donors (Lipinski definition) is 3. The zero-order valence-electron chi connectivity index (χ0n) is 21.7. The van der Waals surface area contributed by atoms with Gasteiger partial charge < -0.3 is 20.4 Å². The molecular weight excluding hydrogens is 506 g/mol. The third-order valence-electron chi connectivity index (χ3n) is 6.73. The van der Waals surface area contributed by atoms with E-state index in [0.717, 1.165) is 21.8 Å². The van der Waals surface area contributed by atoms with Gasteiger partial charge >= 0.3 is 0 Å². The summed E-state index contributed by atoms with van der Waals surface area (Å²) in [4.78, 5) is 44.0. The zero-order chi connectivity index (χ0) is 27.0. The zero-order valence-corrected chi connectivity index (χ0v) is 22.5. The number of pyridine rings is 1. The standard InChI is InChI=1S/C27H30ClN7O3/c1-15(32-25(36)20-9-30-14-31-16(20)2)11-35-13-27(3,4)38-12-23(35)26(37)34-21-8-17(28)7-19-18-5-6-29-10-22(18)33-24(19)21/h5-10,14-15,23,33H,11-13H2,1-4H3,(H,32,36)(H,34,37)/t15-,23?/m0/s1. The number of aromatic nitrogens is 4. The summed E-state index contributed by atoms with van der Waals surface area (Å²) in [5, 5.41) is 8.46. The molecule has 11 heteroatoms. The topological polar surface area (TPSA) is 125 Å². The highest BCUT2D eigenvalue weighted by atomic mass is 35.5. The number of morpholine rings is 1. The Morgan fingerprint density at radius 1 is 1.26 bits per heavy atom. The fourth-order valence-corrected chi connectivity index (χ4v) is 5.15. The SMILES string of the molecule is Cc1ncncc1C(=O)N[C@@H](C)CN1CC(C)(C)OCC1C(=O)Nc1cc(Cl)cc2c1[nH]c1cnccc12. The molecule has 5 rings (SSSR count). The molecule has 4 heterocycles. The van der Waals surface area contributed by atoms with Crippen molar-refractivity contribution in [3.63, 3.8) is 0 Å². The van der Waals surface area contributed by atoms with Crippen LogP contribution >= 0.6 is 11.6 Å². The molecule has 1 aliphatic rings. The highest BCUT2D eigenvalue weighted by Gasteiger charge is 2.38. The summed E-state index contributed by atoms with van der Waals surface area (Å²) in [5.41, 5.74) is 2.80. The molecule has 198 valence electrons. The first-order chi connectivity index (χ1) is 18.1. The van der Waals surface area contributed by atoms with Gasteiger partial charge in [0.25, 0.3) is 5.91 Å². The van der Waals surface area contributed by atoms with Crippen LogP contribution in [0.1, 0.15) is 36.8 Å². The second-order valence-electron chi connectivity index (χ2n) is 10.3. The molecule has 1 aromatic carbocycles. The minimum absolute atomic E-state index is 0.214. The predicted molar refractivity (Wildman–Crippen MR) is 146 cm³/mol. The Morgan fingerprint density at radius 2 is 2.08 bits per heavy atom. The van der Waals surface area contributed by atoms with E-state index in [1.54, 1.807) is 25.4 Å². The number of nitrogens with zero attached hydrogens (tertiary/aromatic N) is 4. The summed E-state index contributed by atoms with van der Waals surface area (Å²) in [6.45, 7) is 8.83. The lowest BCUT2D eigenvalue weighted by Gasteiger charge is -2.43. The number of ether oxygens (including phenoxy) is 1. The molecule has 10 nitrogen and oxygen atoms in total. The number of benzene rings is 1. The summed E-state index contributed by atoms with van der Waals surface area (Å²) in [7, 11) is 0. The predicted octanol–water partition coefficient (Wildman–Crippen LogP) is 3.70. The van der Waals surface area contributed by atoms with E-state index in [9.17, 15) is 9.59 Å². The summed E-state index contributed by atoms with van der Waals surface area (Å²) >= 11 is 6.43. The van der Waals surface area contributed by atoms with Gasteiger partial charge in [-0.3, -0.25) is 19.5 Å². The lowest BCUT2D eigenvalue weighted by molar-refractivity contribution is -0.143. The normalized spacial score (nSPS) is 18.4. The quantitative estimate of drug-likeness (QED) is 0.344. The van der Waals surface area contributed by atoms with Gasteiger partial charge in [0.05, 0.1) is 46.4 Å². The lowest BCUT2D eigenvalue weighted by Crippen LogP contribution is -2.60. The van der Waals surface area contributed by atoms with Crippen LogP contribution in [-0.2, 0) is 9.53 Å². The Kier molecular flexibility index (Phi) is 7.04. The minimum Gasteiger partial charge on any atom is -0.372 e. The van der Waals surface area contributed by atoms with Gasteiger partial charge in [0.2, 0.25) is 5.91 Å². The van der Waals surface area contributed by atoms with Crippen LogP contribution in [0.15, 0.2) is 43.1 Å². The molecule has 3 N–H and O–H groups in total. The molecule has 0 saturated carbocycles. The Labute approximate surface area is 225 Å². The summed E-state index contributed by atoms with van der Waals surface area (Å²) < 4.78 is 6.03. The number of rotatable bonds is 6. The molecule has 4 aromatic rings. The van der Waals surface area contributed by atoms with Gasteiger partial charge in [-0.05, 0) is 45.9 Å². The molecule has 2 atom stereocenters. The second-order valence-corrected chi connectivity index (χ2v) is 10.8. The number of hydrogen-bond acceptors (Lipinski definition) is 7. The first kappa shape index (κ1) is 26.0. The van der Waals surface area contributed by atoms with E-state index in [2.05, 4.69) is 35.5 Å². The van der Waals surface area contributed by atoms with Gasteiger partial charge in [0.1, 0.15) is 12.4 Å². The van der Waals surface area contributed by atoms with E-state index in [0.29, 0.717) is 35.1 Å². The Morgan fingerprint density at radius 3 is 2.87 bits per heavy atom. The van der Waals surface area contributed by atoms with Crippen LogP contribution in [0.2, 0.25) is 5.02 Å². The minimum atomic E-state index is -0.566. The number of fused-ring (bicyclic) bond motifs is 3. The summed E-state index contributed by atoms with van der Waals surface area (Å²) in [5.74, 6) is -0.467. The first-order valence-electron chi connectivity index (χ1n) is 12.4. The van der Waals surface area contributed by atoms with E-state index in [1.807, 2.05) is 32.9 Å². The average molecular weight is 536 g/mol. The maximum absolute atomic E-state index is 13.6. The van der Waals surface area contributed by atoms with Crippen molar-refractivity contribution in [1.82, 2.24) is 30.2 Å². The van der Waals surface area contributed by atoms with Crippen LogP contribution < -0.4 is 10.6 Å². The highest BCUT2D eigenvalue weighted by Crippen LogP contribution is 2.33. The van der Waals surface area contributed by atoms with E-state index in [-0.39, 0.29) is 24.5 Å². The number of H-pyrrole nitrogens is 1. The van der Waals surface area contributed by atoms with Gasteiger partial charge in [-0.2, -0.15) is 0 Å². The molecule has 0 bridgehead atoms. The molecule has 0 aliphatic carbocycles. The first-order valence-corrected chi connectivity index (χ1v) is 12.8. The maximum atomic E-state index is 13.6. The molecule has 2 amide bonds. The number of anilines is 1. The molecule has 1 saturated heterocycles. The Balaban J connectivity index is 1.36. The molecular formula is C27H30ClN7O3. The molecule has 0 radical (unpaired) electrons. The van der Waals surface area contributed by atoms with Crippen molar-refractivity contribution in [2.24, 2.45) is 0 Å². The van der Waals surface area contributed by atoms with E-state index in [1.165, 1.54) is 12.5 Å². The van der Waals surface area contributed by atoms with Crippen LogP contribution in [0.25, 0.3) is 21.8 Å². The second kappa shape index (κ2) is 10.3. The molecule has 1 fully saturated rings. The van der Waals surface area contributed by atoms with Crippen molar-refractivity contribution >= 4 is 50.9 Å². The van der Waals surface area contributed by atoms with Crippen LogP contribution in [-0.4, -0.2) is 74.0 Å². The molecule has 1 unspecified atom stereocenters. The Hall–Kier alpha value is -3.60. The van der Waals surface area contributed by atoms with Gasteiger partial charge in [-0.15, -0.1) is 0 Å². The van der Waals surface area contributed by atoms with Crippen molar-refractivity contribution in [3.05, 3.63) is 59.4 Å². The van der Waals surface area contributed by atoms with E-state index in [4.69, 9.17) is 16.3 Å². The van der Waals surface area contributed by atoms with Crippen LogP contribution in [0.4, 0.5) is 5.69 Å². The molecule has 38 heavy (non-hydrogen) atoms. The number of aromatic amines is 1. The van der Waals surface area contributed by atoms with Crippen molar-refractivity contribution in [1.29, 1.82) is 0 Å². The molecule has 3 aromatic heterocycles. The lowest BCUT2D eigenvalue weighted by atomic mass is 10.0. The van der Waals surface area contributed by atoms with Gasteiger partial charge in [-0.1, -0.05) is 11.6 Å². The van der Waals surface area contributed by atoms with Gasteiger partial charge in [0, 0.05) is 47.3 Å². The molecule has 0 spiro atoms. The Bertz CT molecular complexity index is 1520.